The summed E-state index contributed by atoms with van der Waals surface area (Å²) in [7, 11) is 0. The van der Waals surface area contributed by atoms with Gasteiger partial charge in [-0.3, -0.25) is 4.90 Å². The Morgan fingerprint density at radius 2 is 1.70 bits per heavy atom. The van der Waals surface area contributed by atoms with Crippen LogP contribution in [0.3, 0.4) is 0 Å². The SMILES string of the molecule is Cc1cc(C)c(C(O)CN2CC3CCC(C2)O3)c(C)c1. The van der Waals surface area contributed by atoms with Crippen molar-refractivity contribution in [3.63, 3.8) is 0 Å². The number of aliphatic hydroxyl groups is 1. The topological polar surface area (TPSA) is 32.7 Å². The summed E-state index contributed by atoms with van der Waals surface area (Å²) in [5, 5.41) is 10.6. The third-order valence-electron chi connectivity index (χ3n) is 4.62. The number of likely N-dealkylation sites (tertiary alicyclic amines) is 1. The van der Waals surface area contributed by atoms with Crippen molar-refractivity contribution in [3.05, 3.63) is 34.4 Å². The first kappa shape index (κ1) is 14.1. The van der Waals surface area contributed by atoms with Crippen molar-refractivity contribution in [2.75, 3.05) is 19.6 Å². The highest BCUT2D eigenvalue weighted by Crippen LogP contribution is 2.29. The van der Waals surface area contributed by atoms with Gasteiger partial charge in [-0.15, -0.1) is 0 Å². The Morgan fingerprint density at radius 3 is 2.25 bits per heavy atom. The molecule has 2 aliphatic heterocycles. The van der Waals surface area contributed by atoms with Crippen LogP contribution in [-0.4, -0.2) is 41.8 Å². The minimum absolute atomic E-state index is 0.390. The molecule has 0 aromatic heterocycles. The Labute approximate surface area is 121 Å². The van der Waals surface area contributed by atoms with E-state index < -0.39 is 6.10 Å². The largest absolute Gasteiger partial charge is 0.387 e. The molecule has 1 N–H and O–H groups in total. The molecule has 110 valence electrons. The highest BCUT2D eigenvalue weighted by Gasteiger charge is 2.34. The fourth-order valence-corrected chi connectivity index (χ4v) is 3.90. The summed E-state index contributed by atoms with van der Waals surface area (Å²) in [5.41, 5.74) is 4.77. The summed E-state index contributed by atoms with van der Waals surface area (Å²) in [5.74, 6) is 0. The predicted octanol–water partition coefficient (Wildman–Crippen LogP) is 2.51. The number of aliphatic hydroxyl groups excluding tert-OH is 1. The second kappa shape index (κ2) is 5.47. The predicted molar refractivity (Wildman–Crippen MR) is 79.9 cm³/mol. The molecule has 2 bridgehead atoms. The molecule has 1 aromatic carbocycles. The van der Waals surface area contributed by atoms with Crippen molar-refractivity contribution in [2.45, 2.75) is 51.9 Å². The van der Waals surface area contributed by atoms with Crippen LogP contribution in [0.5, 0.6) is 0 Å². The molecular formula is C17H25NO2. The second-order valence-electron chi connectivity index (χ2n) is 6.50. The Kier molecular flexibility index (Phi) is 3.85. The Bertz CT molecular complexity index is 465. The third-order valence-corrected chi connectivity index (χ3v) is 4.62. The summed E-state index contributed by atoms with van der Waals surface area (Å²) in [6.07, 6.45) is 2.75. The van der Waals surface area contributed by atoms with Gasteiger partial charge in [0.15, 0.2) is 0 Å². The molecule has 3 rings (SSSR count). The molecule has 0 amide bonds. The van der Waals surface area contributed by atoms with E-state index in [9.17, 15) is 5.11 Å². The summed E-state index contributed by atoms with van der Waals surface area (Å²) in [4.78, 5) is 2.37. The smallest absolute Gasteiger partial charge is 0.0922 e. The third kappa shape index (κ3) is 2.76. The molecule has 3 nitrogen and oxygen atoms in total. The molecule has 3 atom stereocenters. The molecule has 3 heteroatoms. The van der Waals surface area contributed by atoms with Gasteiger partial charge in [0, 0.05) is 19.6 Å². The lowest BCUT2D eigenvalue weighted by molar-refractivity contribution is -0.0498. The van der Waals surface area contributed by atoms with Crippen molar-refractivity contribution >= 4 is 0 Å². The number of nitrogens with zero attached hydrogens (tertiary/aromatic N) is 1. The standard InChI is InChI=1S/C17H25NO2/c1-11-6-12(2)17(13(3)7-11)16(19)10-18-8-14-4-5-15(9-18)20-14/h6-7,14-16,19H,4-5,8-10H2,1-3H3. The Balaban J connectivity index is 1.72. The van der Waals surface area contributed by atoms with Gasteiger partial charge in [0.1, 0.15) is 0 Å². The van der Waals surface area contributed by atoms with E-state index >= 15 is 0 Å². The molecule has 2 heterocycles. The number of hydrogen-bond acceptors (Lipinski definition) is 3. The van der Waals surface area contributed by atoms with Gasteiger partial charge in [0.05, 0.1) is 18.3 Å². The Hall–Kier alpha value is -0.900. The van der Waals surface area contributed by atoms with E-state index in [4.69, 9.17) is 4.74 Å². The molecule has 0 spiro atoms. The van der Waals surface area contributed by atoms with Gasteiger partial charge < -0.3 is 9.84 Å². The minimum Gasteiger partial charge on any atom is -0.387 e. The summed E-state index contributed by atoms with van der Waals surface area (Å²) in [6.45, 7) is 8.97. The molecule has 20 heavy (non-hydrogen) atoms. The van der Waals surface area contributed by atoms with E-state index in [2.05, 4.69) is 37.8 Å². The van der Waals surface area contributed by atoms with E-state index in [0.29, 0.717) is 12.2 Å². The molecule has 0 radical (unpaired) electrons. The van der Waals surface area contributed by atoms with E-state index in [1.807, 2.05) is 0 Å². The average molecular weight is 275 g/mol. The van der Waals surface area contributed by atoms with Crippen LogP contribution in [0.1, 0.15) is 41.2 Å². The monoisotopic (exact) mass is 275 g/mol. The van der Waals surface area contributed by atoms with Crippen LogP contribution in [0.15, 0.2) is 12.1 Å². The number of β-amino-alcohol motifs (C(OH)–C–C–N with tert-alkyl or cyclic N) is 1. The average Bonchev–Trinajstić information content (AvgIpc) is 2.67. The number of morpholine rings is 1. The van der Waals surface area contributed by atoms with Crippen molar-refractivity contribution in [1.82, 2.24) is 4.90 Å². The number of fused-ring (bicyclic) bond motifs is 2. The zero-order valence-electron chi connectivity index (χ0n) is 12.7. The molecule has 3 unspecified atom stereocenters. The van der Waals surface area contributed by atoms with Gasteiger partial charge in [-0.05, 0) is 50.3 Å². The fourth-order valence-electron chi connectivity index (χ4n) is 3.90. The van der Waals surface area contributed by atoms with Crippen LogP contribution in [0.25, 0.3) is 0 Å². The van der Waals surface area contributed by atoms with Crippen molar-refractivity contribution in [3.8, 4) is 0 Å². The van der Waals surface area contributed by atoms with E-state index in [-0.39, 0.29) is 0 Å². The maximum absolute atomic E-state index is 10.6. The number of rotatable bonds is 3. The van der Waals surface area contributed by atoms with Crippen LogP contribution in [0, 0.1) is 20.8 Å². The first-order valence-corrected chi connectivity index (χ1v) is 7.66. The summed E-state index contributed by atoms with van der Waals surface area (Å²) in [6, 6.07) is 4.32. The van der Waals surface area contributed by atoms with Crippen LogP contribution >= 0.6 is 0 Å². The van der Waals surface area contributed by atoms with Crippen molar-refractivity contribution < 1.29 is 9.84 Å². The van der Waals surface area contributed by atoms with Gasteiger partial charge in [-0.2, -0.15) is 0 Å². The number of ether oxygens (including phenoxy) is 1. The van der Waals surface area contributed by atoms with Crippen molar-refractivity contribution in [2.24, 2.45) is 0 Å². The van der Waals surface area contributed by atoms with Gasteiger partial charge in [0.25, 0.3) is 0 Å². The molecule has 1 aromatic rings. The van der Waals surface area contributed by atoms with Gasteiger partial charge in [-0.1, -0.05) is 17.7 Å². The number of benzene rings is 1. The number of hydrogen-bond donors (Lipinski definition) is 1. The van der Waals surface area contributed by atoms with E-state index in [0.717, 1.165) is 25.2 Å². The first-order valence-electron chi connectivity index (χ1n) is 7.66. The van der Waals surface area contributed by atoms with Crippen LogP contribution in [0.2, 0.25) is 0 Å². The molecule has 0 aliphatic carbocycles. The molecule has 2 fully saturated rings. The Morgan fingerprint density at radius 1 is 1.15 bits per heavy atom. The maximum atomic E-state index is 10.6. The lowest BCUT2D eigenvalue weighted by atomic mass is 9.95. The van der Waals surface area contributed by atoms with Crippen LogP contribution < -0.4 is 0 Å². The highest BCUT2D eigenvalue weighted by atomic mass is 16.5. The molecular weight excluding hydrogens is 250 g/mol. The molecule has 2 aliphatic rings. The fraction of sp³-hybridized carbons (Fsp3) is 0.647. The van der Waals surface area contributed by atoms with Crippen LogP contribution in [-0.2, 0) is 4.74 Å². The summed E-state index contributed by atoms with van der Waals surface area (Å²) < 4.78 is 5.85. The lowest BCUT2D eigenvalue weighted by Gasteiger charge is -2.34. The van der Waals surface area contributed by atoms with Gasteiger partial charge >= 0.3 is 0 Å². The zero-order valence-corrected chi connectivity index (χ0v) is 12.7. The first-order chi connectivity index (χ1) is 9.52. The molecule has 2 saturated heterocycles. The van der Waals surface area contributed by atoms with E-state index in [1.165, 1.54) is 29.5 Å². The molecule has 0 saturated carbocycles. The van der Waals surface area contributed by atoms with E-state index in [1.54, 1.807) is 0 Å². The summed E-state index contributed by atoms with van der Waals surface area (Å²) >= 11 is 0. The zero-order chi connectivity index (χ0) is 14.3. The van der Waals surface area contributed by atoms with Gasteiger partial charge in [-0.25, -0.2) is 0 Å². The van der Waals surface area contributed by atoms with Crippen molar-refractivity contribution in [1.29, 1.82) is 0 Å². The minimum atomic E-state index is -0.395. The lowest BCUT2D eigenvalue weighted by Crippen LogP contribution is -2.44. The quantitative estimate of drug-likeness (QED) is 0.920. The second-order valence-corrected chi connectivity index (χ2v) is 6.50. The number of aryl methyl sites for hydroxylation is 3. The normalized spacial score (nSPS) is 27.8. The van der Waals surface area contributed by atoms with Crippen LogP contribution in [0.4, 0.5) is 0 Å². The van der Waals surface area contributed by atoms with Gasteiger partial charge in [0.2, 0.25) is 0 Å². The highest BCUT2D eigenvalue weighted by molar-refractivity contribution is 5.39. The maximum Gasteiger partial charge on any atom is 0.0922 e.